The maximum absolute atomic E-state index is 12.2. The summed E-state index contributed by atoms with van der Waals surface area (Å²) in [5, 5.41) is 2.80. The topological polar surface area (TPSA) is 191 Å². The number of ketones is 5. The molecule has 13 nitrogen and oxygen atoms in total. The maximum atomic E-state index is 12.2. The van der Waals surface area contributed by atoms with Gasteiger partial charge in [0.25, 0.3) is 5.91 Å². The molecule has 0 aliphatic heterocycles. The van der Waals surface area contributed by atoms with Crippen LogP contribution < -0.4 is 26.3 Å². The number of likely N-dealkylation sites (N-methyl/N-ethyl adjacent to an activating group) is 2. The molecule has 1 amide bonds. The molecule has 0 aliphatic rings. The molecule has 0 aromatic heterocycles. The molecule has 0 unspecified atom stereocenters. The summed E-state index contributed by atoms with van der Waals surface area (Å²) in [5.74, 6) is 23.0. The van der Waals surface area contributed by atoms with Gasteiger partial charge < -0.3 is 36.1 Å². The average Bonchev–Trinajstić information content (AvgIpc) is 3.56. The van der Waals surface area contributed by atoms with Crippen molar-refractivity contribution in [2.45, 2.75) is 126 Å². The van der Waals surface area contributed by atoms with Gasteiger partial charge in [-0.15, -0.1) is 0 Å². The number of nitrogens with one attached hydrogen (secondary N) is 1. The van der Waals surface area contributed by atoms with Crippen LogP contribution in [0.4, 0.5) is 11.4 Å². The molecule has 0 spiro atoms. The number of nitrogens with two attached hydrogens (primary N) is 2. The minimum absolute atomic E-state index is 0. The number of carbonyl (C=O) groups excluding carboxylic acids is 6. The third-order valence-corrected chi connectivity index (χ3v) is 11.5. The van der Waals surface area contributed by atoms with Crippen LogP contribution in [0.1, 0.15) is 169 Å². The predicted octanol–water partition coefficient (Wildman–Crippen LogP) is 13.8. The molecule has 88 heavy (non-hydrogen) atoms. The average molecular weight is 1200 g/mol. The Morgan fingerprint density at radius 2 is 0.830 bits per heavy atom. The van der Waals surface area contributed by atoms with Crippen molar-refractivity contribution in [3.05, 3.63) is 155 Å². The lowest BCUT2D eigenvalue weighted by Gasteiger charge is -2.16. The summed E-state index contributed by atoms with van der Waals surface area (Å²) in [6.07, 6.45) is 0.989. The van der Waals surface area contributed by atoms with E-state index in [1.807, 2.05) is 146 Å². The number of ether oxygens (including phenoxy) is 2. The minimum Gasteiger partial charge on any atom is -0.492 e. The zero-order chi connectivity index (χ0) is 63.3. The van der Waals surface area contributed by atoms with Gasteiger partial charge in [0.15, 0.2) is 5.78 Å². The number of Topliss-reactive ketones (excluding diaryl/α,β-unsaturated/α-hetero) is 5. The molecule has 0 fully saturated rings. The molecule has 0 atom stereocenters. The lowest BCUT2D eigenvalue weighted by Crippen LogP contribution is -2.26. The van der Waals surface area contributed by atoms with Crippen molar-refractivity contribution in [1.29, 1.82) is 0 Å². The van der Waals surface area contributed by atoms with E-state index in [0.29, 0.717) is 53.4 Å². The first-order chi connectivity index (χ1) is 39.2. The highest BCUT2D eigenvalue weighted by Gasteiger charge is 2.21. The Kier molecular flexibility index (Phi) is 38.7. The number of benzene rings is 5. The largest absolute Gasteiger partial charge is 0.492 e. The molecular formula is C75H103N5O8. The Bertz CT molecular complexity index is 3280. The van der Waals surface area contributed by atoms with E-state index < -0.39 is 21.7 Å². The van der Waals surface area contributed by atoms with E-state index in [0.717, 1.165) is 48.7 Å². The Morgan fingerprint density at radius 3 is 1.20 bits per heavy atom. The summed E-state index contributed by atoms with van der Waals surface area (Å²) < 4.78 is 11.4. The van der Waals surface area contributed by atoms with Crippen molar-refractivity contribution < 1.29 is 38.2 Å². The van der Waals surface area contributed by atoms with Crippen LogP contribution in [0.3, 0.4) is 0 Å². The highest BCUT2D eigenvalue weighted by Crippen LogP contribution is 2.19. The number of carbonyl (C=O) groups is 6. The van der Waals surface area contributed by atoms with Crippen molar-refractivity contribution in [3.63, 3.8) is 0 Å². The summed E-state index contributed by atoms with van der Waals surface area (Å²) in [5.41, 5.74) is 14.6. The fraction of sp³-hybridized carbons (Fsp3) is 0.413. The number of rotatable bonds is 14. The molecule has 5 rings (SSSR count). The Hall–Kier alpha value is -8.56. The van der Waals surface area contributed by atoms with Crippen LogP contribution in [-0.2, 0) is 19.2 Å². The standard InChI is InChI=1S/C20H20N2O2.C19H28N2O2.C17H23NO2.C15H16O2.4CH4/c1-20(2,3)18(23)12-7-14-5-4-6-17(13-14)22-19(24)15-8-10-16(21)11-9-15;1-19(2,3)18(22)10-9-16-7-5-8-17(15-16)23-14-13-21(4)12-6-11-20;1-17(2,3)16(19)10-9-14-7-6-8-15(13-14)20-12-11-18(4)5;1-11(16)13-7-5-6-12(10-13)8-9-14(17)15(2,3)4;;;;/h4-6,8-11,13H,21H2,1-3H3,(H,22,24);5,7-8,15H,6,11-14,20H2,1-4H3;6-8,13H,11-12H2,1-5H3;5-7,10H,1-4H3;4*1H4. The SMILES string of the molecule is C.C.C.C.CC(=O)c1cccc(C#CC(=O)C(C)(C)C)c1.CC(C)(C)C(=O)C#Cc1cccc(NC(=O)c2ccc(N)cc2)c1.CN(C)CCOc1cccc(C#CC(=O)C(C)(C)C)c1.CN(CCCN)CCOc1cccc(C#CC(=O)C(C)(C)C)c1. The van der Waals surface area contributed by atoms with E-state index in [4.69, 9.17) is 20.9 Å². The van der Waals surface area contributed by atoms with Crippen molar-refractivity contribution in [2.24, 2.45) is 27.4 Å². The Labute approximate surface area is 530 Å². The van der Waals surface area contributed by atoms with Crippen molar-refractivity contribution in [1.82, 2.24) is 9.80 Å². The quantitative estimate of drug-likeness (QED) is 0.0542. The molecule has 476 valence electrons. The molecule has 0 heterocycles. The zero-order valence-electron chi connectivity index (χ0n) is 52.3. The van der Waals surface area contributed by atoms with Gasteiger partial charge in [-0.25, -0.2) is 0 Å². The van der Waals surface area contributed by atoms with Gasteiger partial charge in [0.05, 0.1) is 0 Å². The van der Waals surface area contributed by atoms with Gasteiger partial charge in [0.1, 0.15) is 24.7 Å². The van der Waals surface area contributed by atoms with Gasteiger partial charge in [-0.05, 0) is 162 Å². The van der Waals surface area contributed by atoms with Gasteiger partial charge in [-0.3, -0.25) is 28.8 Å². The molecular weight excluding hydrogens is 1100 g/mol. The number of nitrogens with zero attached hydrogens (tertiary/aromatic N) is 2. The molecule has 5 aromatic carbocycles. The second-order valence-electron chi connectivity index (χ2n) is 24.1. The molecule has 5 N–H and O–H groups in total. The number of anilines is 2. The van der Waals surface area contributed by atoms with Gasteiger partial charge in [-0.1, -0.05) is 167 Å². The fourth-order valence-electron chi connectivity index (χ4n) is 6.06. The monoisotopic (exact) mass is 1200 g/mol. The normalized spacial score (nSPS) is 10.2. The van der Waals surface area contributed by atoms with E-state index >= 15 is 0 Å². The highest BCUT2D eigenvalue weighted by atomic mass is 16.5. The summed E-state index contributed by atoms with van der Waals surface area (Å²) in [4.78, 5) is 74.7. The number of hydrogen-bond donors (Lipinski definition) is 3. The molecule has 0 radical (unpaired) electrons. The second kappa shape index (κ2) is 40.8. The smallest absolute Gasteiger partial charge is 0.255 e. The first-order valence-electron chi connectivity index (χ1n) is 27.8. The minimum atomic E-state index is -0.492. The van der Waals surface area contributed by atoms with Crippen molar-refractivity contribution >= 4 is 46.2 Å². The zero-order valence-corrected chi connectivity index (χ0v) is 52.3. The van der Waals surface area contributed by atoms with Gasteiger partial charge in [0.2, 0.25) is 23.1 Å². The lowest BCUT2D eigenvalue weighted by atomic mass is 9.91. The van der Waals surface area contributed by atoms with E-state index in [1.165, 1.54) is 6.92 Å². The number of hydrogen-bond acceptors (Lipinski definition) is 12. The molecule has 0 saturated carbocycles. The molecule has 0 bridgehead atoms. The molecule has 13 heteroatoms. The van der Waals surface area contributed by atoms with E-state index in [2.05, 4.69) is 69.5 Å². The maximum Gasteiger partial charge on any atom is 0.255 e. The third kappa shape index (κ3) is 35.2. The fourth-order valence-corrected chi connectivity index (χ4v) is 6.06. The van der Waals surface area contributed by atoms with E-state index in [1.54, 1.807) is 72.8 Å². The predicted molar refractivity (Wildman–Crippen MR) is 368 cm³/mol. The van der Waals surface area contributed by atoms with Crippen molar-refractivity contribution in [3.8, 4) is 58.9 Å². The van der Waals surface area contributed by atoms with Crippen LogP contribution in [0.15, 0.2) is 121 Å². The molecule has 5 aromatic rings. The summed E-state index contributed by atoms with van der Waals surface area (Å²) >= 11 is 0. The van der Waals surface area contributed by atoms with Gasteiger partial charge in [-0.2, -0.15) is 0 Å². The van der Waals surface area contributed by atoms with Crippen LogP contribution in [0.5, 0.6) is 11.5 Å². The first-order valence-corrected chi connectivity index (χ1v) is 27.8. The highest BCUT2D eigenvalue weighted by molar-refractivity contribution is 6.05. The summed E-state index contributed by atoms with van der Waals surface area (Å²) in [6.45, 7) is 28.3. The van der Waals surface area contributed by atoms with Crippen molar-refractivity contribution in [2.75, 3.05) is 71.6 Å². The lowest BCUT2D eigenvalue weighted by molar-refractivity contribution is -0.121. The number of nitrogen functional groups attached to an aromatic ring is 1. The molecule has 0 aliphatic carbocycles. The molecule has 0 saturated heterocycles. The van der Waals surface area contributed by atoms with Crippen LogP contribution in [0, 0.1) is 69.0 Å². The van der Waals surface area contributed by atoms with Crippen LogP contribution in [-0.4, -0.2) is 105 Å². The second-order valence-corrected chi connectivity index (χ2v) is 24.1. The summed E-state index contributed by atoms with van der Waals surface area (Å²) in [7, 11) is 6.06. The van der Waals surface area contributed by atoms with Gasteiger partial charge >= 0.3 is 0 Å². The van der Waals surface area contributed by atoms with E-state index in [9.17, 15) is 28.8 Å². The Balaban J connectivity index is -0.00000109. The van der Waals surface area contributed by atoms with Crippen LogP contribution in [0.2, 0.25) is 0 Å². The first kappa shape index (κ1) is 83.7. The van der Waals surface area contributed by atoms with Crippen LogP contribution >= 0.6 is 0 Å². The summed E-state index contributed by atoms with van der Waals surface area (Å²) in [6, 6.07) is 35.8. The number of amides is 1. The Morgan fingerprint density at radius 1 is 0.466 bits per heavy atom. The van der Waals surface area contributed by atoms with E-state index in [-0.39, 0.29) is 64.5 Å². The third-order valence-electron chi connectivity index (χ3n) is 11.5. The van der Waals surface area contributed by atoms with Gasteiger partial charge in [0, 0.05) is 79.5 Å². The van der Waals surface area contributed by atoms with Crippen LogP contribution in [0.25, 0.3) is 0 Å².